The predicted molar refractivity (Wildman–Crippen MR) is 106 cm³/mol. The minimum atomic E-state index is -0.444. The molecule has 1 amide bonds. The Balaban J connectivity index is 1.67. The molecule has 3 aromatic rings. The Labute approximate surface area is 161 Å². The van der Waals surface area contributed by atoms with Gasteiger partial charge in [-0.25, -0.2) is 4.98 Å². The van der Waals surface area contributed by atoms with Gasteiger partial charge in [0.1, 0.15) is 11.6 Å². The molecule has 0 saturated carbocycles. The van der Waals surface area contributed by atoms with E-state index in [0.29, 0.717) is 5.13 Å². The Kier molecular flexibility index (Phi) is 5.76. The van der Waals surface area contributed by atoms with Crippen molar-refractivity contribution in [1.29, 1.82) is 5.26 Å². The predicted octanol–water partition coefficient (Wildman–Crippen LogP) is 5.10. The first-order valence-electron chi connectivity index (χ1n) is 7.30. The van der Waals surface area contributed by atoms with Gasteiger partial charge in [-0.1, -0.05) is 34.1 Å². The molecule has 0 aliphatic heterocycles. The number of rotatable bonds is 5. The van der Waals surface area contributed by atoms with Gasteiger partial charge in [0.25, 0.3) is 5.91 Å². The fourth-order valence-electron chi connectivity index (χ4n) is 2.08. The number of amides is 1. The number of thiazole rings is 1. The molecule has 25 heavy (non-hydrogen) atoms. The number of nitriles is 1. The van der Waals surface area contributed by atoms with Crippen molar-refractivity contribution in [2.45, 2.75) is 6.42 Å². The maximum Gasteiger partial charge on any atom is 0.268 e. The molecule has 0 unspecified atom stereocenters. The van der Waals surface area contributed by atoms with Gasteiger partial charge in [0.15, 0.2) is 5.13 Å². The number of benzene rings is 1. The van der Waals surface area contributed by atoms with Crippen molar-refractivity contribution in [3.63, 3.8) is 0 Å². The molecule has 2 heterocycles. The Bertz CT molecular complexity index is 938. The van der Waals surface area contributed by atoms with Gasteiger partial charge < -0.3 is 0 Å². The van der Waals surface area contributed by atoms with E-state index in [4.69, 9.17) is 0 Å². The molecular weight excluding hydrogens is 418 g/mol. The van der Waals surface area contributed by atoms with Gasteiger partial charge >= 0.3 is 0 Å². The average Bonchev–Trinajstić information content (AvgIpc) is 3.26. The highest BCUT2D eigenvalue weighted by Gasteiger charge is 2.12. The van der Waals surface area contributed by atoms with Crippen LogP contribution in [0.2, 0.25) is 0 Å². The molecule has 0 saturated heterocycles. The van der Waals surface area contributed by atoms with Gasteiger partial charge in [-0.15, -0.1) is 22.7 Å². The van der Waals surface area contributed by atoms with Crippen LogP contribution in [0.1, 0.15) is 15.3 Å². The lowest BCUT2D eigenvalue weighted by atomic mass is 10.1. The fraction of sp³-hybridized carbons (Fsp3) is 0.0556. The second kappa shape index (κ2) is 8.21. The Hall–Kier alpha value is -2.27. The molecule has 1 N–H and O–H groups in total. The zero-order valence-corrected chi connectivity index (χ0v) is 16.1. The average molecular weight is 430 g/mol. The number of thiophene rings is 1. The van der Waals surface area contributed by atoms with Gasteiger partial charge in [0, 0.05) is 26.8 Å². The molecule has 4 nitrogen and oxygen atoms in total. The van der Waals surface area contributed by atoms with Gasteiger partial charge in [0.2, 0.25) is 0 Å². The molecule has 0 radical (unpaired) electrons. The van der Waals surface area contributed by atoms with Crippen LogP contribution in [0.25, 0.3) is 6.08 Å². The van der Waals surface area contributed by atoms with Gasteiger partial charge in [0.05, 0.1) is 0 Å². The summed E-state index contributed by atoms with van der Waals surface area (Å²) in [4.78, 5) is 18.4. The molecule has 124 valence electrons. The third-order valence-electron chi connectivity index (χ3n) is 3.26. The van der Waals surface area contributed by atoms with Crippen LogP contribution in [-0.4, -0.2) is 10.9 Å². The van der Waals surface area contributed by atoms with Crippen molar-refractivity contribution in [3.05, 3.63) is 73.3 Å². The molecule has 7 heteroatoms. The van der Waals surface area contributed by atoms with Crippen LogP contribution in [0.3, 0.4) is 0 Å². The number of nitrogens with zero attached hydrogens (tertiary/aromatic N) is 2. The van der Waals surface area contributed by atoms with E-state index in [1.165, 1.54) is 28.2 Å². The fourth-order valence-corrected chi connectivity index (χ4v) is 3.84. The molecule has 0 bridgehead atoms. The highest BCUT2D eigenvalue weighted by Crippen LogP contribution is 2.23. The molecule has 0 atom stereocenters. The van der Waals surface area contributed by atoms with Crippen LogP contribution in [0, 0.1) is 11.3 Å². The maximum atomic E-state index is 12.2. The van der Waals surface area contributed by atoms with Crippen LogP contribution in [-0.2, 0) is 11.2 Å². The standard InChI is InChI=1S/C18H12BrN3OS2/c19-14-5-3-12(4-6-14)8-16-11-21-18(25-16)22-17(23)13(10-20)9-15-2-1-7-24-15/h1-7,9,11H,8H2,(H,21,22,23). The van der Waals surface area contributed by atoms with Crippen LogP contribution in [0.15, 0.2) is 58.0 Å². The van der Waals surface area contributed by atoms with Gasteiger partial charge in [-0.2, -0.15) is 5.26 Å². The second-order valence-electron chi connectivity index (χ2n) is 5.07. The molecule has 3 rings (SSSR count). The zero-order valence-electron chi connectivity index (χ0n) is 12.9. The first-order valence-corrected chi connectivity index (χ1v) is 9.79. The first-order chi connectivity index (χ1) is 12.1. The van der Waals surface area contributed by atoms with Crippen molar-refractivity contribution >= 4 is 55.7 Å². The van der Waals surface area contributed by atoms with Crippen LogP contribution in [0.4, 0.5) is 5.13 Å². The summed E-state index contributed by atoms with van der Waals surface area (Å²) in [6, 6.07) is 13.7. The lowest BCUT2D eigenvalue weighted by Crippen LogP contribution is -2.13. The SMILES string of the molecule is N#CC(=Cc1cccs1)C(=O)Nc1ncc(Cc2ccc(Br)cc2)s1. The van der Waals surface area contributed by atoms with Crippen LogP contribution in [0.5, 0.6) is 0 Å². The van der Waals surface area contributed by atoms with E-state index < -0.39 is 5.91 Å². The molecule has 0 aliphatic carbocycles. The van der Waals surface area contributed by atoms with Gasteiger partial charge in [-0.3, -0.25) is 10.1 Å². The summed E-state index contributed by atoms with van der Waals surface area (Å²) in [5, 5.41) is 14.3. The zero-order chi connectivity index (χ0) is 17.6. The minimum absolute atomic E-state index is 0.0621. The lowest BCUT2D eigenvalue weighted by molar-refractivity contribution is -0.112. The van der Waals surface area contributed by atoms with E-state index in [1.807, 2.05) is 47.8 Å². The second-order valence-corrected chi connectivity index (χ2v) is 8.08. The summed E-state index contributed by atoms with van der Waals surface area (Å²) in [5.74, 6) is -0.444. The van der Waals surface area contributed by atoms with Crippen molar-refractivity contribution in [1.82, 2.24) is 4.98 Å². The summed E-state index contributed by atoms with van der Waals surface area (Å²) in [6.45, 7) is 0. The molecular formula is C18H12BrN3OS2. The number of carbonyl (C=O) groups is 1. The third-order valence-corrected chi connectivity index (χ3v) is 5.52. The quantitative estimate of drug-likeness (QED) is 0.452. The molecule has 2 aromatic heterocycles. The summed E-state index contributed by atoms with van der Waals surface area (Å²) < 4.78 is 1.04. The van der Waals surface area contributed by atoms with E-state index in [9.17, 15) is 10.1 Å². The molecule has 0 fully saturated rings. The molecule has 0 aliphatic rings. The van der Waals surface area contributed by atoms with E-state index in [2.05, 4.69) is 26.2 Å². The van der Waals surface area contributed by atoms with E-state index >= 15 is 0 Å². The topological polar surface area (TPSA) is 65.8 Å². The number of anilines is 1. The highest BCUT2D eigenvalue weighted by molar-refractivity contribution is 9.10. The van der Waals surface area contributed by atoms with Gasteiger partial charge in [-0.05, 0) is 35.2 Å². The van der Waals surface area contributed by atoms with E-state index in [-0.39, 0.29) is 5.57 Å². The largest absolute Gasteiger partial charge is 0.297 e. The minimum Gasteiger partial charge on any atom is -0.297 e. The number of aromatic nitrogens is 1. The summed E-state index contributed by atoms with van der Waals surface area (Å²) in [7, 11) is 0. The van der Waals surface area contributed by atoms with E-state index in [0.717, 1.165) is 20.6 Å². The number of halogens is 1. The van der Waals surface area contributed by atoms with Crippen molar-refractivity contribution in [3.8, 4) is 6.07 Å². The van der Waals surface area contributed by atoms with Crippen LogP contribution < -0.4 is 5.32 Å². The van der Waals surface area contributed by atoms with Crippen molar-refractivity contribution in [2.75, 3.05) is 5.32 Å². The normalized spacial score (nSPS) is 11.1. The smallest absolute Gasteiger partial charge is 0.268 e. The van der Waals surface area contributed by atoms with Crippen molar-refractivity contribution < 1.29 is 4.79 Å². The first kappa shape index (κ1) is 17.5. The number of carbonyl (C=O) groups excluding carboxylic acids is 1. The molecule has 0 spiro atoms. The monoisotopic (exact) mass is 429 g/mol. The Morgan fingerprint density at radius 1 is 1.32 bits per heavy atom. The lowest BCUT2D eigenvalue weighted by Gasteiger charge is -2.00. The molecule has 1 aromatic carbocycles. The maximum absolute atomic E-state index is 12.2. The van der Waals surface area contributed by atoms with E-state index in [1.54, 1.807) is 12.3 Å². The summed E-state index contributed by atoms with van der Waals surface area (Å²) >= 11 is 6.30. The number of nitrogens with one attached hydrogen (secondary N) is 1. The number of hydrogen-bond donors (Lipinski definition) is 1. The van der Waals surface area contributed by atoms with Crippen LogP contribution >= 0.6 is 38.6 Å². The summed E-state index contributed by atoms with van der Waals surface area (Å²) in [6.07, 6.45) is 4.07. The highest BCUT2D eigenvalue weighted by atomic mass is 79.9. The number of hydrogen-bond acceptors (Lipinski definition) is 5. The Morgan fingerprint density at radius 2 is 2.12 bits per heavy atom. The van der Waals surface area contributed by atoms with Crippen molar-refractivity contribution in [2.24, 2.45) is 0 Å². The summed E-state index contributed by atoms with van der Waals surface area (Å²) in [5.41, 5.74) is 1.23. The Morgan fingerprint density at radius 3 is 2.80 bits per heavy atom. The third kappa shape index (κ3) is 4.86.